The van der Waals surface area contributed by atoms with Crippen LogP contribution >= 0.6 is 0 Å². The number of halogens is 1. The molecule has 2 aromatic rings. The van der Waals surface area contributed by atoms with E-state index in [0.29, 0.717) is 5.52 Å². The molecule has 1 N–H and O–H groups in total. The van der Waals surface area contributed by atoms with Gasteiger partial charge in [0.15, 0.2) is 0 Å². The summed E-state index contributed by atoms with van der Waals surface area (Å²) in [5.74, 6) is -0.316. The molecule has 27 heavy (non-hydrogen) atoms. The van der Waals surface area contributed by atoms with Crippen molar-refractivity contribution >= 4 is 11.0 Å². The van der Waals surface area contributed by atoms with Crippen LogP contribution in [0.25, 0.3) is 11.0 Å². The van der Waals surface area contributed by atoms with E-state index in [1.165, 1.54) is 18.6 Å². The first-order valence-electron chi connectivity index (χ1n) is 10.1. The molecule has 148 valence electrons. The monoisotopic (exact) mass is 374 g/mol. The quantitative estimate of drug-likeness (QED) is 0.877. The molecule has 3 heterocycles. The van der Waals surface area contributed by atoms with Gasteiger partial charge < -0.3 is 4.98 Å². The highest BCUT2D eigenvalue weighted by atomic mass is 19.1. The summed E-state index contributed by atoms with van der Waals surface area (Å²) in [5, 5.41) is 0. The number of nitrogens with zero attached hydrogens (tertiary/aromatic N) is 3. The van der Waals surface area contributed by atoms with Gasteiger partial charge in [0.05, 0.1) is 11.0 Å². The summed E-state index contributed by atoms with van der Waals surface area (Å²) in [4.78, 5) is 20.5. The summed E-state index contributed by atoms with van der Waals surface area (Å²) in [6, 6.07) is 4.73. The fourth-order valence-corrected chi connectivity index (χ4v) is 4.91. The van der Waals surface area contributed by atoms with Gasteiger partial charge in [-0.1, -0.05) is 0 Å². The van der Waals surface area contributed by atoms with Gasteiger partial charge in [0.25, 0.3) is 0 Å². The molecule has 2 saturated heterocycles. The van der Waals surface area contributed by atoms with E-state index in [1.54, 1.807) is 6.07 Å². The topological polar surface area (TPSA) is 44.3 Å². The van der Waals surface area contributed by atoms with E-state index in [-0.39, 0.29) is 28.6 Å². The largest absolute Gasteiger partial charge is 0.326 e. The number of rotatable bonds is 2. The molecule has 1 aromatic heterocycles. The molecule has 1 atom stereocenters. The molecule has 5 nitrogen and oxygen atoms in total. The predicted molar refractivity (Wildman–Crippen MR) is 107 cm³/mol. The second kappa shape index (κ2) is 6.45. The number of H-pyrrole nitrogens is 1. The molecule has 0 radical (unpaired) electrons. The summed E-state index contributed by atoms with van der Waals surface area (Å²) >= 11 is 0. The SMILES string of the molecule is CC(C)(C)N1CCC(C)(N2CCC(n3c(=O)[nH]c4cc(F)ccc43)CC2)C1. The van der Waals surface area contributed by atoms with Crippen molar-refractivity contribution < 1.29 is 4.39 Å². The predicted octanol–water partition coefficient (Wildman–Crippen LogP) is 3.37. The number of fused-ring (bicyclic) bond motifs is 1. The van der Waals surface area contributed by atoms with E-state index in [0.717, 1.165) is 44.5 Å². The molecule has 6 heteroatoms. The fraction of sp³-hybridized carbons (Fsp3) is 0.667. The first-order valence-corrected chi connectivity index (χ1v) is 10.1. The number of aromatic nitrogens is 2. The number of imidazole rings is 1. The number of piperidine rings is 1. The summed E-state index contributed by atoms with van der Waals surface area (Å²) < 4.78 is 15.3. The lowest BCUT2D eigenvalue weighted by Gasteiger charge is -2.44. The van der Waals surface area contributed by atoms with Gasteiger partial charge >= 0.3 is 5.69 Å². The number of aromatic amines is 1. The highest BCUT2D eigenvalue weighted by molar-refractivity contribution is 5.75. The summed E-state index contributed by atoms with van der Waals surface area (Å²) in [6.45, 7) is 13.5. The molecule has 0 saturated carbocycles. The highest BCUT2D eigenvalue weighted by Crippen LogP contribution is 2.35. The minimum atomic E-state index is -0.316. The first kappa shape index (κ1) is 18.7. The zero-order valence-corrected chi connectivity index (χ0v) is 16.9. The third-order valence-electron chi connectivity index (χ3n) is 6.67. The van der Waals surface area contributed by atoms with E-state index in [2.05, 4.69) is 42.5 Å². The Hall–Kier alpha value is -1.66. The third kappa shape index (κ3) is 3.34. The molecule has 1 unspecified atom stereocenters. The highest BCUT2D eigenvalue weighted by Gasteiger charge is 2.43. The van der Waals surface area contributed by atoms with Crippen molar-refractivity contribution in [3.63, 3.8) is 0 Å². The second-order valence-electron chi connectivity index (χ2n) is 9.52. The van der Waals surface area contributed by atoms with E-state index < -0.39 is 0 Å². The van der Waals surface area contributed by atoms with Crippen LogP contribution in [0.2, 0.25) is 0 Å². The zero-order chi connectivity index (χ0) is 19.4. The molecule has 2 aliphatic rings. The van der Waals surface area contributed by atoms with Crippen LogP contribution < -0.4 is 5.69 Å². The Morgan fingerprint density at radius 2 is 1.89 bits per heavy atom. The Labute approximate surface area is 160 Å². The van der Waals surface area contributed by atoms with Crippen molar-refractivity contribution in [2.24, 2.45) is 0 Å². The van der Waals surface area contributed by atoms with Crippen LogP contribution in [0.5, 0.6) is 0 Å². The molecule has 0 bridgehead atoms. The number of nitrogens with one attached hydrogen (secondary N) is 1. The maximum Gasteiger partial charge on any atom is 0.326 e. The van der Waals surface area contributed by atoms with Gasteiger partial charge in [0, 0.05) is 43.3 Å². The molecule has 2 aliphatic heterocycles. The van der Waals surface area contributed by atoms with Gasteiger partial charge in [0.2, 0.25) is 0 Å². The van der Waals surface area contributed by atoms with Gasteiger partial charge in [-0.15, -0.1) is 0 Å². The van der Waals surface area contributed by atoms with Crippen LogP contribution in [0.15, 0.2) is 23.0 Å². The minimum absolute atomic E-state index is 0.125. The lowest BCUT2D eigenvalue weighted by atomic mass is 9.93. The Balaban J connectivity index is 1.49. The fourth-order valence-electron chi connectivity index (χ4n) is 4.91. The van der Waals surface area contributed by atoms with Gasteiger partial charge in [-0.05, 0) is 65.2 Å². The standard InChI is InChI=1S/C21H31FN4O/c1-20(2,3)25-12-9-21(4,14-25)24-10-7-16(8-11-24)26-18-6-5-15(22)13-17(18)23-19(26)27/h5-6,13,16H,7-12,14H2,1-4H3,(H,23,27). The maximum absolute atomic E-state index is 13.5. The normalized spacial score (nSPS) is 26.3. The second-order valence-corrected chi connectivity index (χ2v) is 9.52. The van der Waals surface area contributed by atoms with Crippen LogP contribution in [0, 0.1) is 5.82 Å². The van der Waals surface area contributed by atoms with E-state index in [4.69, 9.17) is 0 Å². The average Bonchev–Trinajstić information content (AvgIpc) is 3.15. The lowest BCUT2D eigenvalue weighted by Crippen LogP contribution is -2.53. The van der Waals surface area contributed by atoms with Crippen LogP contribution in [-0.4, -0.2) is 56.6 Å². The van der Waals surface area contributed by atoms with Crippen molar-refractivity contribution in [3.05, 3.63) is 34.5 Å². The molecule has 1 aromatic carbocycles. The molecule has 4 rings (SSSR count). The number of hydrogen-bond acceptors (Lipinski definition) is 3. The Morgan fingerprint density at radius 3 is 2.52 bits per heavy atom. The van der Waals surface area contributed by atoms with Crippen LogP contribution in [0.1, 0.15) is 53.0 Å². The Bertz CT molecular complexity index is 888. The summed E-state index contributed by atoms with van der Waals surface area (Å²) in [5.41, 5.74) is 1.70. The molecule has 0 amide bonds. The first-order chi connectivity index (χ1) is 12.7. The molecular formula is C21H31FN4O. The summed E-state index contributed by atoms with van der Waals surface area (Å²) in [6.07, 6.45) is 3.10. The number of benzene rings is 1. The molecule has 2 fully saturated rings. The van der Waals surface area contributed by atoms with E-state index in [1.807, 2.05) is 4.57 Å². The number of likely N-dealkylation sites (tertiary alicyclic amines) is 2. The van der Waals surface area contributed by atoms with Crippen molar-refractivity contribution in [2.45, 2.75) is 64.1 Å². The van der Waals surface area contributed by atoms with E-state index >= 15 is 0 Å². The van der Waals surface area contributed by atoms with Crippen LogP contribution in [0.3, 0.4) is 0 Å². The van der Waals surface area contributed by atoms with Crippen molar-refractivity contribution in [1.29, 1.82) is 0 Å². The van der Waals surface area contributed by atoms with Crippen molar-refractivity contribution in [1.82, 2.24) is 19.4 Å². The zero-order valence-electron chi connectivity index (χ0n) is 16.9. The van der Waals surface area contributed by atoms with Gasteiger partial charge in [-0.25, -0.2) is 9.18 Å². The lowest BCUT2D eigenvalue weighted by molar-refractivity contribution is 0.0575. The molecular weight excluding hydrogens is 343 g/mol. The Kier molecular flexibility index (Phi) is 4.47. The number of hydrogen-bond donors (Lipinski definition) is 1. The minimum Gasteiger partial charge on any atom is -0.305 e. The molecule has 0 aliphatic carbocycles. The van der Waals surface area contributed by atoms with Gasteiger partial charge in [-0.3, -0.25) is 14.4 Å². The molecule has 0 spiro atoms. The Morgan fingerprint density at radius 1 is 1.19 bits per heavy atom. The average molecular weight is 375 g/mol. The maximum atomic E-state index is 13.5. The van der Waals surface area contributed by atoms with Crippen LogP contribution in [-0.2, 0) is 0 Å². The third-order valence-corrected chi connectivity index (χ3v) is 6.67. The smallest absolute Gasteiger partial charge is 0.305 e. The summed E-state index contributed by atoms with van der Waals surface area (Å²) in [7, 11) is 0. The van der Waals surface area contributed by atoms with Gasteiger partial charge in [-0.2, -0.15) is 0 Å². The van der Waals surface area contributed by atoms with Crippen molar-refractivity contribution in [2.75, 3.05) is 26.2 Å². The van der Waals surface area contributed by atoms with E-state index in [9.17, 15) is 9.18 Å². The van der Waals surface area contributed by atoms with Gasteiger partial charge in [0.1, 0.15) is 5.82 Å². The van der Waals surface area contributed by atoms with Crippen LogP contribution in [0.4, 0.5) is 4.39 Å². The van der Waals surface area contributed by atoms with Crippen molar-refractivity contribution in [3.8, 4) is 0 Å².